The minimum absolute atomic E-state index is 0.206. The molecule has 2 saturated carbocycles. The molecule has 0 amide bonds. The average Bonchev–Trinajstić information content (AvgIpc) is 3.01. The molecule has 0 aliphatic heterocycles. The van der Waals surface area contributed by atoms with Crippen LogP contribution in [-0.2, 0) is 52.7 Å². The van der Waals surface area contributed by atoms with E-state index >= 15 is 0 Å². The molecule has 0 unspecified atom stereocenters. The second-order valence-corrected chi connectivity index (χ2v) is 13.9. The van der Waals surface area contributed by atoms with Gasteiger partial charge in [0, 0.05) is 11.8 Å². The Bertz CT molecular complexity index is 1480. The third-order valence-electron chi connectivity index (χ3n) is 10.2. The Kier molecular flexibility index (Phi) is 12.7. The van der Waals surface area contributed by atoms with Crippen LogP contribution in [0.5, 0.6) is 0 Å². The number of carbonyl (C=O) groups excluding carboxylic acids is 11. The van der Waals surface area contributed by atoms with Crippen LogP contribution in [-0.4, -0.2) is 63.6 Å². The topological polar surface area (TPSA) is 188 Å². The van der Waals surface area contributed by atoms with E-state index in [9.17, 15) is 52.7 Å². The Balaban J connectivity index is 1.98. The van der Waals surface area contributed by atoms with E-state index in [0.717, 1.165) is 49.0 Å². The number of ketones is 11. The molecular weight excluding hydrogens is 620 g/mol. The molecule has 0 bridgehead atoms. The van der Waals surface area contributed by atoms with Gasteiger partial charge in [0.25, 0.3) is 40.5 Å². The summed E-state index contributed by atoms with van der Waals surface area (Å²) < 4.78 is 0. The van der Waals surface area contributed by atoms with Crippen LogP contribution >= 0.6 is 0 Å². The molecule has 4 atom stereocenters. The molecule has 0 radical (unpaired) electrons. The highest BCUT2D eigenvalue weighted by Gasteiger charge is 2.43. The molecule has 11 heteroatoms. The predicted molar refractivity (Wildman–Crippen MR) is 172 cm³/mol. The Morgan fingerprint density at radius 2 is 0.812 bits per heavy atom. The van der Waals surface area contributed by atoms with Gasteiger partial charge in [0.1, 0.15) is 0 Å². The molecule has 48 heavy (non-hydrogen) atoms. The number of hydrogen-bond acceptors (Lipinski definition) is 11. The van der Waals surface area contributed by atoms with Gasteiger partial charge in [-0.05, 0) is 60.5 Å². The summed E-state index contributed by atoms with van der Waals surface area (Å²) in [5.74, 6) is -20.8. The van der Waals surface area contributed by atoms with E-state index in [1.807, 2.05) is 27.7 Å². The van der Waals surface area contributed by atoms with Gasteiger partial charge < -0.3 is 0 Å². The van der Waals surface area contributed by atoms with Crippen LogP contribution in [0.2, 0.25) is 0 Å². The van der Waals surface area contributed by atoms with Gasteiger partial charge >= 0.3 is 0 Å². The van der Waals surface area contributed by atoms with Gasteiger partial charge in [-0.3, -0.25) is 52.7 Å². The fourth-order valence-corrected chi connectivity index (χ4v) is 6.06. The molecule has 0 N–H and O–H groups in total. The van der Waals surface area contributed by atoms with Gasteiger partial charge in [0.05, 0.1) is 12.8 Å². The molecule has 0 aromatic carbocycles. The molecular formula is C37H42O11. The van der Waals surface area contributed by atoms with Gasteiger partial charge in [-0.2, -0.15) is 0 Å². The lowest BCUT2D eigenvalue weighted by atomic mass is 9.61. The van der Waals surface area contributed by atoms with Gasteiger partial charge in [0.2, 0.25) is 11.6 Å². The minimum atomic E-state index is -2.43. The first-order valence-corrected chi connectivity index (χ1v) is 15.7. The van der Waals surface area contributed by atoms with E-state index in [2.05, 4.69) is 27.0 Å². The van der Waals surface area contributed by atoms with Crippen molar-refractivity contribution in [2.24, 2.45) is 34.5 Å². The fourth-order valence-electron chi connectivity index (χ4n) is 6.06. The first kappa shape index (κ1) is 39.5. The average molecular weight is 663 g/mol. The summed E-state index contributed by atoms with van der Waals surface area (Å²) in [5.41, 5.74) is 1.26. The number of carbonyl (C=O) groups is 11. The predicted octanol–water partition coefficient (Wildman–Crippen LogP) is 3.40. The van der Waals surface area contributed by atoms with Crippen molar-refractivity contribution < 1.29 is 52.7 Å². The molecule has 0 aromatic rings. The zero-order valence-corrected chi connectivity index (χ0v) is 28.3. The Morgan fingerprint density at radius 3 is 1.10 bits per heavy atom. The second-order valence-electron chi connectivity index (χ2n) is 13.9. The first-order chi connectivity index (χ1) is 22.0. The summed E-state index contributed by atoms with van der Waals surface area (Å²) in [6.45, 7) is 20.2. The third-order valence-corrected chi connectivity index (χ3v) is 10.2. The lowest BCUT2D eigenvalue weighted by Crippen LogP contribution is -2.43. The van der Waals surface area contributed by atoms with Gasteiger partial charge in [-0.25, -0.2) is 0 Å². The summed E-state index contributed by atoms with van der Waals surface area (Å²) in [6.07, 6.45) is 6.30. The van der Waals surface area contributed by atoms with E-state index in [4.69, 9.17) is 0 Å². The van der Waals surface area contributed by atoms with E-state index in [-0.39, 0.29) is 22.7 Å². The van der Waals surface area contributed by atoms with E-state index < -0.39 is 76.5 Å². The Morgan fingerprint density at radius 1 is 0.542 bits per heavy atom. The van der Waals surface area contributed by atoms with Crippen molar-refractivity contribution >= 4 is 63.6 Å². The summed E-state index contributed by atoms with van der Waals surface area (Å²) in [6, 6.07) is 0. The van der Waals surface area contributed by atoms with Crippen molar-refractivity contribution in [3.05, 3.63) is 48.6 Å². The molecule has 2 fully saturated rings. The monoisotopic (exact) mass is 662 g/mol. The molecule has 0 heterocycles. The van der Waals surface area contributed by atoms with E-state index in [1.54, 1.807) is 12.2 Å². The first-order valence-electron chi connectivity index (χ1n) is 15.7. The van der Waals surface area contributed by atoms with Crippen molar-refractivity contribution in [3.8, 4) is 0 Å². The number of Topliss-reactive ketones (excluding diaryl/α,β-unsaturated/α-hetero) is 9. The molecule has 0 saturated heterocycles. The number of rotatable bonds is 16. The van der Waals surface area contributed by atoms with Crippen LogP contribution in [0, 0.1) is 34.5 Å². The lowest BCUT2D eigenvalue weighted by molar-refractivity contribution is -0.155. The molecule has 256 valence electrons. The standard InChI is InChI=1S/C37H42O11/c1-19-9-11-21(3)36(5,6)25(19)15-13-23(38)17-27(40)29(42)31(44)33(46)35(48)34(47)32(45)30(43)28(41)18-24(39)14-16-26-20(2)10-12-22(4)37(26,7)8/h13-16,21-22,25-26H,1-2,9-12,17-18H2,3-8H3/b15-13+,16-14+/t21-,22-,25+,26+/m1/s1. The van der Waals surface area contributed by atoms with Gasteiger partial charge in [0.15, 0.2) is 11.6 Å². The van der Waals surface area contributed by atoms with Crippen molar-refractivity contribution in [2.75, 3.05) is 0 Å². The van der Waals surface area contributed by atoms with Gasteiger partial charge in [-0.1, -0.05) is 78.0 Å². The highest BCUT2D eigenvalue weighted by atomic mass is 16.2. The van der Waals surface area contributed by atoms with Crippen LogP contribution in [0.3, 0.4) is 0 Å². The third kappa shape index (κ3) is 8.81. The summed E-state index contributed by atoms with van der Waals surface area (Å²) in [5, 5.41) is 0. The van der Waals surface area contributed by atoms with Crippen LogP contribution in [0.25, 0.3) is 0 Å². The zero-order chi connectivity index (χ0) is 36.9. The number of hydrogen-bond donors (Lipinski definition) is 0. The lowest BCUT2D eigenvalue weighted by Gasteiger charge is -2.44. The Labute approximate surface area is 279 Å². The van der Waals surface area contributed by atoms with Crippen LogP contribution in [0.1, 0.15) is 80.1 Å². The largest absolute Gasteiger partial charge is 0.294 e. The molecule has 11 nitrogen and oxygen atoms in total. The molecule has 2 aliphatic rings. The molecule has 0 spiro atoms. The normalized spacial score (nSPS) is 23.4. The summed E-state index contributed by atoms with van der Waals surface area (Å²) in [7, 11) is 0. The fraction of sp³-hybridized carbons (Fsp3) is 0.486. The van der Waals surface area contributed by atoms with Crippen LogP contribution < -0.4 is 0 Å². The smallest absolute Gasteiger partial charge is 0.281 e. The quantitative estimate of drug-likeness (QED) is 0.102. The van der Waals surface area contributed by atoms with Crippen molar-refractivity contribution in [1.82, 2.24) is 0 Å². The van der Waals surface area contributed by atoms with E-state index in [0.29, 0.717) is 11.8 Å². The maximum atomic E-state index is 12.4. The zero-order valence-electron chi connectivity index (χ0n) is 28.3. The maximum absolute atomic E-state index is 12.4. The minimum Gasteiger partial charge on any atom is -0.294 e. The van der Waals surface area contributed by atoms with Crippen LogP contribution in [0.15, 0.2) is 48.6 Å². The van der Waals surface area contributed by atoms with Crippen LogP contribution in [0.4, 0.5) is 0 Å². The highest BCUT2D eigenvalue weighted by molar-refractivity contribution is 7.00. The van der Waals surface area contributed by atoms with Gasteiger partial charge in [-0.15, -0.1) is 0 Å². The molecule has 2 aliphatic carbocycles. The molecule has 0 aromatic heterocycles. The van der Waals surface area contributed by atoms with Crippen molar-refractivity contribution in [3.63, 3.8) is 0 Å². The summed E-state index contributed by atoms with van der Waals surface area (Å²) in [4.78, 5) is 135. The number of allylic oxidation sites excluding steroid dienone is 6. The Hall–Kier alpha value is -4.67. The van der Waals surface area contributed by atoms with Crippen molar-refractivity contribution in [2.45, 2.75) is 80.1 Å². The maximum Gasteiger partial charge on any atom is 0.281 e. The summed E-state index contributed by atoms with van der Waals surface area (Å²) >= 11 is 0. The SMILES string of the molecule is C=C1CC[C@@H](C)C(C)(C)[C@H]1/C=C/C(=O)CC(=O)C(=O)C(=O)C(=O)C(=O)C(=O)C(=O)C(=O)C(=O)CC(=O)/C=C/[C@H]1C(=C)CC[C@@H](C)C1(C)C. The second kappa shape index (κ2) is 15.5. The highest BCUT2D eigenvalue weighted by Crippen LogP contribution is 2.48. The van der Waals surface area contributed by atoms with E-state index in [1.165, 1.54) is 0 Å². The van der Waals surface area contributed by atoms with Crippen molar-refractivity contribution in [1.29, 1.82) is 0 Å². The molecule has 2 rings (SSSR count).